The molecule has 0 amide bonds. The lowest BCUT2D eigenvalue weighted by Gasteiger charge is -2.17. The van der Waals surface area contributed by atoms with Crippen molar-refractivity contribution in [2.75, 3.05) is 13.2 Å². The molecule has 0 spiro atoms. The fourth-order valence-electron chi connectivity index (χ4n) is 2.90. The summed E-state index contributed by atoms with van der Waals surface area (Å²) in [6.45, 7) is 0.484. The van der Waals surface area contributed by atoms with Gasteiger partial charge in [0.25, 0.3) is 0 Å². The van der Waals surface area contributed by atoms with E-state index in [1.165, 1.54) is 0 Å². The van der Waals surface area contributed by atoms with Gasteiger partial charge in [-0.2, -0.15) is 0 Å². The van der Waals surface area contributed by atoms with E-state index < -0.39 is 0 Å². The van der Waals surface area contributed by atoms with Crippen molar-refractivity contribution in [3.05, 3.63) is 72.3 Å². The predicted octanol–water partition coefficient (Wildman–Crippen LogP) is 3.94. The zero-order valence-electron chi connectivity index (χ0n) is 13.7. The summed E-state index contributed by atoms with van der Waals surface area (Å²) in [5, 5.41) is 29.6. The number of hydrogen-bond donors (Lipinski definition) is 3. The Morgan fingerprint density at radius 1 is 0.680 bits per heavy atom. The predicted molar refractivity (Wildman–Crippen MR) is 97.4 cm³/mol. The summed E-state index contributed by atoms with van der Waals surface area (Å²) in [7, 11) is 0. The van der Waals surface area contributed by atoms with Crippen LogP contribution in [-0.4, -0.2) is 28.5 Å². The summed E-state index contributed by atoms with van der Waals surface area (Å²) in [5.41, 5.74) is 3.84. The van der Waals surface area contributed by atoms with Crippen LogP contribution in [0.4, 0.5) is 0 Å². The Morgan fingerprint density at radius 3 is 1.92 bits per heavy atom. The highest BCUT2D eigenvalue weighted by molar-refractivity contribution is 5.89. The van der Waals surface area contributed by atoms with Gasteiger partial charge in [0, 0.05) is 11.1 Å². The van der Waals surface area contributed by atoms with Crippen LogP contribution in [0.2, 0.25) is 0 Å². The third kappa shape index (κ3) is 3.65. The van der Waals surface area contributed by atoms with Crippen LogP contribution < -0.4 is 0 Å². The molecule has 4 nitrogen and oxygen atoms in total. The molecule has 0 aliphatic rings. The first-order valence-corrected chi connectivity index (χ1v) is 8.09. The van der Waals surface area contributed by atoms with Gasteiger partial charge in [0.15, 0.2) is 0 Å². The second kappa shape index (κ2) is 7.83. The van der Waals surface area contributed by atoms with Crippen LogP contribution in [0.25, 0.3) is 22.3 Å². The van der Waals surface area contributed by atoms with E-state index in [-0.39, 0.29) is 24.7 Å². The third-order valence-corrected chi connectivity index (χ3v) is 4.01. The summed E-state index contributed by atoms with van der Waals surface area (Å²) < 4.78 is 5.50. The highest BCUT2D eigenvalue weighted by Gasteiger charge is 2.17. The average molecular weight is 336 g/mol. The van der Waals surface area contributed by atoms with E-state index in [0.717, 1.165) is 16.7 Å². The summed E-state index contributed by atoms with van der Waals surface area (Å²) in [6, 6.07) is 19.9. The van der Waals surface area contributed by atoms with Gasteiger partial charge in [0.1, 0.15) is 11.5 Å². The maximum absolute atomic E-state index is 10.4. The molecular formula is C21H20O4. The lowest BCUT2D eigenvalue weighted by molar-refractivity contribution is 0.0818. The smallest absolute Gasteiger partial charge is 0.123 e. The second-order valence-corrected chi connectivity index (χ2v) is 5.65. The Labute approximate surface area is 146 Å². The first kappa shape index (κ1) is 17.0. The number of rotatable bonds is 6. The largest absolute Gasteiger partial charge is 0.507 e. The molecule has 0 bridgehead atoms. The Morgan fingerprint density at radius 2 is 1.28 bits per heavy atom. The quantitative estimate of drug-likeness (QED) is 0.596. The fourth-order valence-corrected chi connectivity index (χ4v) is 2.90. The molecule has 0 aliphatic carbocycles. The van der Waals surface area contributed by atoms with Crippen LogP contribution in [-0.2, 0) is 11.3 Å². The van der Waals surface area contributed by atoms with Crippen LogP contribution >= 0.6 is 0 Å². The normalized spacial score (nSPS) is 10.8. The van der Waals surface area contributed by atoms with Crippen molar-refractivity contribution in [3.63, 3.8) is 0 Å². The first-order chi connectivity index (χ1) is 12.2. The molecule has 0 aliphatic heterocycles. The molecule has 0 radical (unpaired) electrons. The van der Waals surface area contributed by atoms with Crippen LogP contribution in [0.3, 0.4) is 0 Å². The molecule has 0 fully saturated rings. The van der Waals surface area contributed by atoms with Crippen LogP contribution in [0.1, 0.15) is 5.56 Å². The van der Waals surface area contributed by atoms with Gasteiger partial charge in [-0.15, -0.1) is 0 Å². The van der Waals surface area contributed by atoms with Crippen LogP contribution in [0.5, 0.6) is 11.5 Å². The van der Waals surface area contributed by atoms with Crippen molar-refractivity contribution in [1.29, 1.82) is 0 Å². The number of aliphatic hydroxyl groups excluding tert-OH is 1. The van der Waals surface area contributed by atoms with Gasteiger partial charge in [0.05, 0.1) is 19.8 Å². The second-order valence-electron chi connectivity index (χ2n) is 5.65. The zero-order valence-corrected chi connectivity index (χ0v) is 13.7. The number of para-hydroxylation sites is 2. The topological polar surface area (TPSA) is 69.9 Å². The minimum absolute atomic E-state index is 0.0505. The Hall–Kier alpha value is -2.82. The third-order valence-electron chi connectivity index (χ3n) is 4.01. The Bertz CT molecular complexity index is 858. The summed E-state index contributed by atoms with van der Waals surface area (Å²) in [6.07, 6.45) is 0. The van der Waals surface area contributed by atoms with Gasteiger partial charge < -0.3 is 20.1 Å². The van der Waals surface area contributed by atoms with Crippen molar-refractivity contribution in [1.82, 2.24) is 0 Å². The van der Waals surface area contributed by atoms with Gasteiger partial charge in [-0.25, -0.2) is 0 Å². The summed E-state index contributed by atoms with van der Waals surface area (Å²) >= 11 is 0. The van der Waals surface area contributed by atoms with Crippen molar-refractivity contribution in [3.8, 4) is 33.8 Å². The maximum atomic E-state index is 10.4. The van der Waals surface area contributed by atoms with Crippen molar-refractivity contribution in [2.24, 2.45) is 0 Å². The number of phenolic OH excluding ortho intramolecular Hbond substituents is 2. The zero-order chi connectivity index (χ0) is 17.6. The number of hydrogen-bond acceptors (Lipinski definition) is 4. The van der Waals surface area contributed by atoms with Crippen molar-refractivity contribution < 1.29 is 20.1 Å². The molecule has 3 aromatic rings. The number of phenols is 2. The summed E-state index contributed by atoms with van der Waals surface area (Å²) in [4.78, 5) is 0. The SMILES string of the molecule is OCCOCc1cccc(-c2ccccc2O)c1-c1ccccc1O. The first-order valence-electron chi connectivity index (χ1n) is 8.09. The van der Waals surface area contributed by atoms with Gasteiger partial charge in [0.2, 0.25) is 0 Å². The van der Waals surface area contributed by atoms with E-state index >= 15 is 0 Å². The van der Waals surface area contributed by atoms with Gasteiger partial charge >= 0.3 is 0 Å². The molecule has 3 rings (SSSR count). The number of benzene rings is 3. The molecule has 3 aromatic carbocycles. The standard InChI is InChI=1S/C21H20O4/c22-12-13-25-14-15-6-5-9-17(16-7-1-3-10-19(16)23)21(15)18-8-2-4-11-20(18)24/h1-11,22-24H,12-14H2. The van der Waals surface area contributed by atoms with E-state index in [4.69, 9.17) is 9.84 Å². The lowest BCUT2D eigenvalue weighted by atomic mass is 9.90. The summed E-state index contributed by atoms with van der Waals surface area (Å²) in [5.74, 6) is 0.335. The number of aliphatic hydroxyl groups is 1. The van der Waals surface area contributed by atoms with E-state index in [1.807, 2.05) is 42.5 Å². The minimum Gasteiger partial charge on any atom is -0.507 e. The van der Waals surface area contributed by atoms with Crippen molar-refractivity contribution in [2.45, 2.75) is 6.61 Å². The highest BCUT2D eigenvalue weighted by Crippen LogP contribution is 2.41. The minimum atomic E-state index is -0.0505. The van der Waals surface area contributed by atoms with E-state index in [0.29, 0.717) is 17.7 Å². The monoisotopic (exact) mass is 336 g/mol. The maximum Gasteiger partial charge on any atom is 0.123 e. The van der Waals surface area contributed by atoms with Gasteiger partial charge in [-0.3, -0.25) is 0 Å². The number of aromatic hydroxyl groups is 2. The Balaban J connectivity index is 2.20. The average Bonchev–Trinajstić information content (AvgIpc) is 2.63. The molecule has 0 unspecified atom stereocenters. The molecule has 4 heteroatoms. The van der Waals surface area contributed by atoms with Crippen LogP contribution in [0, 0.1) is 0 Å². The molecular weight excluding hydrogens is 316 g/mol. The van der Waals surface area contributed by atoms with Crippen molar-refractivity contribution >= 4 is 0 Å². The van der Waals surface area contributed by atoms with Gasteiger partial charge in [-0.1, -0.05) is 54.6 Å². The van der Waals surface area contributed by atoms with E-state index in [2.05, 4.69) is 0 Å². The molecule has 0 saturated carbocycles. The van der Waals surface area contributed by atoms with E-state index in [9.17, 15) is 10.2 Å². The lowest BCUT2D eigenvalue weighted by Crippen LogP contribution is -2.01. The molecule has 0 atom stereocenters. The van der Waals surface area contributed by atoms with E-state index in [1.54, 1.807) is 24.3 Å². The molecule has 3 N–H and O–H groups in total. The number of ether oxygens (including phenoxy) is 1. The Kier molecular flexibility index (Phi) is 5.33. The molecule has 0 aromatic heterocycles. The van der Waals surface area contributed by atoms with Gasteiger partial charge in [-0.05, 0) is 28.8 Å². The highest BCUT2D eigenvalue weighted by atomic mass is 16.5. The molecule has 128 valence electrons. The molecule has 0 saturated heterocycles. The molecule has 25 heavy (non-hydrogen) atoms. The fraction of sp³-hybridized carbons (Fsp3) is 0.143. The van der Waals surface area contributed by atoms with Crippen LogP contribution in [0.15, 0.2) is 66.7 Å². The molecule has 0 heterocycles.